The molecule has 6 nitrogen and oxygen atoms in total. The molecule has 3 N–H and O–H groups in total. The van der Waals surface area contributed by atoms with Gasteiger partial charge in [-0.3, -0.25) is 4.79 Å². The van der Waals surface area contributed by atoms with Gasteiger partial charge in [0.1, 0.15) is 5.82 Å². The van der Waals surface area contributed by atoms with E-state index < -0.39 is 21.7 Å². The molecule has 0 saturated carbocycles. The summed E-state index contributed by atoms with van der Waals surface area (Å²) < 4.78 is 37.7. The monoisotopic (exact) mass is 315 g/mol. The van der Waals surface area contributed by atoms with Crippen LogP contribution in [0.25, 0.3) is 0 Å². The van der Waals surface area contributed by atoms with E-state index in [1.807, 2.05) is 0 Å². The van der Waals surface area contributed by atoms with Crippen LogP contribution in [0, 0.1) is 5.82 Å². The number of nitrogens with one attached hydrogen (secondary N) is 1. The summed E-state index contributed by atoms with van der Waals surface area (Å²) in [6.07, 6.45) is 2.17. The van der Waals surface area contributed by atoms with Gasteiger partial charge in [0.2, 0.25) is 10.0 Å². The van der Waals surface area contributed by atoms with Crippen molar-refractivity contribution >= 4 is 21.6 Å². The Morgan fingerprint density at radius 3 is 2.57 bits per heavy atom. The van der Waals surface area contributed by atoms with Crippen molar-refractivity contribution in [3.05, 3.63) is 29.6 Å². The van der Waals surface area contributed by atoms with E-state index in [4.69, 9.17) is 5.73 Å². The summed E-state index contributed by atoms with van der Waals surface area (Å²) in [6, 6.07) is 3.65. The van der Waals surface area contributed by atoms with Gasteiger partial charge in [-0.05, 0) is 31.0 Å². The fraction of sp³-hybridized carbons (Fsp3) is 0.462. The van der Waals surface area contributed by atoms with Crippen molar-refractivity contribution in [3.8, 4) is 0 Å². The first-order valence-electron chi connectivity index (χ1n) is 6.58. The molecule has 1 aliphatic heterocycles. The van der Waals surface area contributed by atoms with Gasteiger partial charge >= 0.3 is 0 Å². The van der Waals surface area contributed by atoms with E-state index in [9.17, 15) is 17.6 Å². The van der Waals surface area contributed by atoms with Crippen molar-refractivity contribution in [2.45, 2.75) is 18.9 Å². The lowest BCUT2D eigenvalue weighted by Gasteiger charge is -2.30. The summed E-state index contributed by atoms with van der Waals surface area (Å²) in [5.41, 5.74) is 5.76. The Kier molecular flexibility index (Phi) is 4.48. The number of anilines is 1. The maximum Gasteiger partial charge on any atom is 0.254 e. The van der Waals surface area contributed by atoms with Crippen molar-refractivity contribution in [2.75, 3.05) is 25.1 Å². The van der Waals surface area contributed by atoms with Crippen molar-refractivity contribution < 1.29 is 17.6 Å². The number of piperidine rings is 1. The number of benzene rings is 1. The lowest BCUT2D eigenvalue weighted by atomic mass is 10.1. The summed E-state index contributed by atoms with van der Waals surface area (Å²) in [5.74, 6) is -1.16. The molecule has 0 bridgehead atoms. The molecule has 2 rings (SSSR count). The zero-order valence-corrected chi connectivity index (χ0v) is 12.5. The number of carbonyl (C=O) groups is 1. The highest BCUT2D eigenvalue weighted by Crippen LogP contribution is 2.16. The van der Waals surface area contributed by atoms with Crippen LogP contribution in [0.4, 0.5) is 10.1 Å². The highest BCUT2D eigenvalue weighted by molar-refractivity contribution is 7.88. The number of amides is 1. The molecule has 1 aliphatic rings. The summed E-state index contributed by atoms with van der Waals surface area (Å²) >= 11 is 0. The molecule has 1 heterocycles. The lowest BCUT2D eigenvalue weighted by Crippen LogP contribution is -2.46. The van der Waals surface area contributed by atoms with Crippen LogP contribution in [0.1, 0.15) is 23.2 Å². The molecule has 0 aliphatic carbocycles. The van der Waals surface area contributed by atoms with E-state index in [0.29, 0.717) is 31.6 Å². The van der Waals surface area contributed by atoms with Gasteiger partial charge in [-0.1, -0.05) is 0 Å². The second-order valence-electron chi connectivity index (χ2n) is 5.15. The first-order valence-corrected chi connectivity index (χ1v) is 8.43. The second kappa shape index (κ2) is 5.98. The van der Waals surface area contributed by atoms with Crippen LogP contribution < -0.4 is 11.1 Å². The van der Waals surface area contributed by atoms with E-state index in [0.717, 1.165) is 12.3 Å². The van der Waals surface area contributed by atoms with Gasteiger partial charge in [0.15, 0.2) is 0 Å². The predicted molar refractivity (Wildman–Crippen MR) is 77.7 cm³/mol. The van der Waals surface area contributed by atoms with E-state index in [1.54, 1.807) is 0 Å². The van der Waals surface area contributed by atoms with Gasteiger partial charge in [-0.25, -0.2) is 17.1 Å². The summed E-state index contributed by atoms with van der Waals surface area (Å²) in [5, 5.41) is 2.72. The number of nitrogens with two attached hydrogens (primary N) is 1. The van der Waals surface area contributed by atoms with Crippen molar-refractivity contribution in [1.82, 2.24) is 9.62 Å². The number of hydrogen-bond donors (Lipinski definition) is 2. The molecule has 1 fully saturated rings. The Morgan fingerprint density at radius 1 is 1.38 bits per heavy atom. The molecule has 0 atom stereocenters. The maximum absolute atomic E-state index is 13.6. The largest absolute Gasteiger partial charge is 0.399 e. The number of sulfonamides is 1. The summed E-state index contributed by atoms with van der Waals surface area (Å²) in [6.45, 7) is 0.701. The quantitative estimate of drug-likeness (QED) is 0.797. The zero-order chi connectivity index (χ0) is 15.6. The van der Waals surface area contributed by atoms with Crippen LogP contribution in [0.2, 0.25) is 0 Å². The number of hydrogen-bond acceptors (Lipinski definition) is 4. The van der Waals surface area contributed by atoms with Gasteiger partial charge < -0.3 is 11.1 Å². The lowest BCUT2D eigenvalue weighted by molar-refractivity contribution is 0.0920. The Balaban J connectivity index is 1.97. The van der Waals surface area contributed by atoms with Gasteiger partial charge in [-0.2, -0.15) is 0 Å². The average Bonchev–Trinajstić information content (AvgIpc) is 2.41. The molecule has 0 radical (unpaired) electrons. The number of rotatable bonds is 3. The maximum atomic E-state index is 13.6. The summed E-state index contributed by atoms with van der Waals surface area (Å²) in [4.78, 5) is 12.0. The van der Waals surface area contributed by atoms with E-state index in [2.05, 4.69) is 5.32 Å². The van der Waals surface area contributed by atoms with E-state index >= 15 is 0 Å². The fourth-order valence-electron chi connectivity index (χ4n) is 2.31. The average molecular weight is 315 g/mol. The first-order chi connectivity index (χ1) is 9.77. The van der Waals surface area contributed by atoms with Gasteiger partial charge in [0, 0.05) is 24.8 Å². The predicted octanol–water partition coefficient (Wildman–Crippen LogP) is 0.562. The van der Waals surface area contributed by atoms with E-state index in [1.165, 1.54) is 16.4 Å². The van der Waals surface area contributed by atoms with E-state index in [-0.39, 0.29) is 11.6 Å². The van der Waals surface area contributed by atoms with Crippen LogP contribution in [0.15, 0.2) is 18.2 Å². The minimum absolute atomic E-state index is 0.0967. The van der Waals surface area contributed by atoms with Crippen LogP contribution >= 0.6 is 0 Å². The van der Waals surface area contributed by atoms with Crippen molar-refractivity contribution in [3.63, 3.8) is 0 Å². The normalized spacial score (nSPS) is 17.6. The third-order valence-electron chi connectivity index (χ3n) is 3.49. The highest BCUT2D eigenvalue weighted by Gasteiger charge is 2.26. The first kappa shape index (κ1) is 15.7. The topological polar surface area (TPSA) is 92.5 Å². The Bertz CT molecular complexity index is 640. The van der Waals surface area contributed by atoms with Crippen LogP contribution in [0.5, 0.6) is 0 Å². The minimum atomic E-state index is -3.20. The third kappa shape index (κ3) is 3.92. The molecule has 116 valence electrons. The van der Waals surface area contributed by atoms with Crippen molar-refractivity contribution in [2.24, 2.45) is 0 Å². The number of carbonyl (C=O) groups excluding carboxylic acids is 1. The molecular formula is C13H18FN3O3S. The summed E-state index contributed by atoms with van der Waals surface area (Å²) in [7, 11) is -3.20. The molecular weight excluding hydrogens is 297 g/mol. The second-order valence-corrected chi connectivity index (χ2v) is 7.13. The molecule has 0 aromatic heterocycles. The number of nitrogens with zero attached hydrogens (tertiary/aromatic N) is 1. The standard InChI is InChI=1S/C13H18FN3O3S/c1-21(19,20)17-6-4-10(5-7-17)16-13(18)11-8-9(15)2-3-12(11)14/h2-3,8,10H,4-7,15H2,1H3,(H,16,18). The smallest absolute Gasteiger partial charge is 0.254 e. The molecule has 1 saturated heterocycles. The number of nitrogen functional groups attached to an aromatic ring is 1. The Hall–Kier alpha value is -1.67. The molecule has 1 aromatic carbocycles. The zero-order valence-electron chi connectivity index (χ0n) is 11.7. The molecule has 8 heteroatoms. The Morgan fingerprint density at radius 2 is 2.00 bits per heavy atom. The SMILES string of the molecule is CS(=O)(=O)N1CCC(NC(=O)c2cc(N)ccc2F)CC1. The third-order valence-corrected chi connectivity index (χ3v) is 4.80. The molecule has 21 heavy (non-hydrogen) atoms. The molecule has 1 amide bonds. The molecule has 0 spiro atoms. The van der Waals surface area contributed by atoms with Crippen LogP contribution in [-0.4, -0.2) is 44.0 Å². The van der Waals surface area contributed by atoms with Crippen molar-refractivity contribution in [1.29, 1.82) is 0 Å². The van der Waals surface area contributed by atoms with Crippen LogP contribution in [0.3, 0.4) is 0 Å². The number of halogens is 1. The van der Waals surface area contributed by atoms with Gasteiger partial charge in [0.25, 0.3) is 5.91 Å². The molecule has 0 unspecified atom stereocenters. The minimum Gasteiger partial charge on any atom is -0.399 e. The highest BCUT2D eigenvalue weighted by atomic mass is 32.2. The van der Waals surface area contributed by atoms with Gasteiger partial charge in [-0.15, -0.1) is 0 Å². The van der Waals surface area contributed by atoms with Gasteiger partial charge in [0.05, 0.1) is 11.8 Å². The fourth-order valence-corrected chi connectivity index (χ4v) is 3.19. The molecule has 1 aromatic rings. The Labute approximate surface area is 123 Å². The van der Waals surface area contributed by atoms with Crippen LogP contribution in [-0.2, 0) is 10.0 Å².